The van der Waals surface area contributed by atoms with Crippen molar-refractivity contribution in [2.45, 2.75) is 6.92 Å². The first-order chi connectivity index (χ1) is 14.5. The predicted octanol–water partition coefficient (Wildman–Crippen LogP) is 2.66. The molecule has 0 saturated carbocycles. The van der Waals surface area contributed by atoms with E-state index in [1.807, 2.05) is 6.07 Å². The van der Waals surface area contributed by atoms with Crippen LogP contribution < -0.4 is 10.5 Å². The number of amides is 1. The average Bonchev–Trinajstić information content (AvgIpc) is 3.06. The molecule has 30 heavy (non-hydrogen) atoms. The molecule has 3 aromatic rings. The summed E-state index contributed by atoms with van der Waals surface area (Å²) in [6, 6.07) is 15.8. The zero-order chi connectivity index (χ0) is 21.3. The van der Waals surface area contributed by atoms with Crippen molar-refractivity contribution in [1.29, 1.82) is 0 Å². The van der Waals surface area contributed by atoms with E-state index < -0.39 is 11.9 Å². The standard InChI is InChI=1S/C21H16N4O4S/c1-13-22-16-11-7-6-10-15(16)19(27)25(13)23-21-24(14-8-4-3-5-9-14)20(28)17(30-21)12-18(26)29-2/h3-12H,1-2H3/b17-12-,23-21-. The van der Waals surface area contributed by atoms with Gasteiger partial charge >= 0.3 is 5.97 Å². The number of carbonyl (C=O) groups excluding carboxylic acids is 2. The number of esters is 1. The number of ether oxygens (including phenoxy) is 1. The lowest BCUT2D eigenvalue weighted by molar-refractivity contribution is -0.135. The Hall–Kier alpha value is -3.72. The first-order valence-corrected chi connectivity index (χ1v) is 9.75. The van der Waals surface area contributed by atoms with Crippen molar-refractivity contribution in [3.05, 3.63) is 81.8 Å². The Labute approximate surface area is 175 Å². The molecule has 9 heteroatoms. The van der Waals surface area contributed by atoms with E-state index in [1.165, 1.54) is 12.0 Å². The van der Waals surface area contributed by atoms with Crippen LogP contribution >= 0.6 is 11.8 Å². The molecule has 2 aromatic carbocycles. The lowest BCUT2D eigenvalue weighted by atomic mass is 10.2. The highest BCUT2D eigenvalue weighted by Gasteiger charge is 2.36. The van der Waals surface area contributed by atoms with Gasteiger partial charge < -0.3 is 4.74 Å². The second-order valence-electron chi connectivity index (χ2n) is 6.29. The average molecular weight is 420 g/mol. The van der Waals surface area contributed by atoms with Crippen molar-refractivity contribution < 1.29 is 14.3 Å². The molecular formula is C21H16N4O4S. The van der Waals surface area contributed by atoms with Crippen LogP contribution in [-0.4, -0.2) is 33.8 Å². The summed E-state index contributed by atoms with van der Waals surface area (Å²) in [6.45, 7) is 1.66. The van der Waals surface area contributed by atoms with Crippen LogP contribution in [0.3, 0.4) is 0 Å². The zero-order valence-corrected chi connectivity index (χ0v) is 16.9. The number of para-hydroxylation sites is 2. The summed E-state index contributed by atoms with van der Waals surface area (Å²) in [6.07, 6.45) is 1.11. The molecule has 4 rings (SSSR count). The minimum Gasteiger partial charge on any atom is -0.466 e. The molecule has 0 atom stereocenters. The topological polar surface area (TPSA) is 93.9 Å². The van der Waals surface area contributed by atoms with Gasteiger partial charge in [0, 0.05) is 6.08 Å². The fourth-order valence-corrected chi connectivity index (χ4v) is 3.88. The van der Waals surface area contributed by atoms with E-state index >= 15 is 0 Å². The van der Waals surface area contributed by atoms with Gasteiger partial charge in [-0.25, -0.2) is 9.78 Å². The van der Waals surface area contributed by atoms with Crippen molar-refractivity contribution in [3.63, 3.8) is 0 Å². The van der Waals surface area contributed by atoms with E-state index in [-0.39, 0.29) is 15.6 Å². The summed E-state index contributed by atoms with van der Waals surface area (Å²) in [4.78, 5) is 43.6. The number of thioether (sulfide) groups is 1. The number of nitrogens with zero attached hydrogens (tertiary/aromatic N) is 4. The van der Waals surface area contributed by atoms with Crippen molar-refractivity contribution >= 4 is 45.4 Å². The highest BCUT2D eigenvalue weighted by atomic mass is 32.2. The van der Waals surface area contributed by atoms with Crippen LogP contribution in [0.1, 0.15) is 5.82 Å². The third kappa shape index (κ3) is 3.50. The van der Waals surface area contributed by atoms with Gasteiger partial charge in [0.25, 0.3) is 11.5 Å². The molecule has 2 heterocycles. The van der Waals surface area contributed by atoms with Crippen molar-refractivity contribution in [1.82, 2.24) is 9.66 Å². The number of amidine groups is 1. The summed E-state index contributed by atoms with van der Waals surface area (Å²) >= 11 is 0.982. The van der Waals surface area contributed by atoms with E-state index in [0.29, 0.717) is 22.4 Å². The number of benzene rings is 2. The largest absolute Gasteiger partial charge is 0.466 e. The van der Waals surface area contributed by atoms with Gasteiger partial charge in [0.05, 0.1) is 28.6 Å². The lowest BCUT2D eigenvalue weighted by Gasteiger charge is -2.16. The highest BCUT2D eigenvalue weighted by molar-refractivity contribution is 8.19. The molecule has 0 unspecified atom stereocenters. The van der Waals surface area contributed by atoms with Crippen LogP contribution in [0.5, 0.6) is 0 Å². The van der Waals surface area contributed by atoms with E-state index in [9.17, 15) is 14.4 Å². The van der Waals surface area contributed by atoms with Gasteiger partial charge in [0.15, 0.2) is 0 Å². The summed E-state index contributed by atoms with van der Waals surface area (Å²) in [7, 11) is 1.23. The van der Waals surface area contributed by atoms with Gasteiger partial charge in [-0.05, 0) is 43.0 Å². The van der Waals surface area contributed by atoms with E-state index in [0.717, 1.165) is 22.5 Å². The zero-order valence-electron chi connectivity index (χ0n) is 16.1. The number of hydrogen-bond acceptors (Lipinski definition) is 7. The minimum atomic E-state index is -0.652. The molecule has 1 fully saturated rings. The Kier molecular flexibility index (Phi) is 5.20. The quantitative estimate of drug-likeness (QED) is 0.478. The number of aryl methyl sites for hydroxylation is 1. The molecule has 150 valence electrons. The number of carbonyl (C=O) groups is 2. The lowest BCUT2D eigenvalue weighted by Crippen LogP contribution is -2.31. The number of fused-ring (bicyclic) bond motifs is 1. The molecule has 0 aliphatic carbocycles. The molecule has 0 N–H and O–H groups in total. The Bertz CT molecular complexity index is 1280. The highest BCUT2D eigenvalue weighted by Crippen LogP contribution is 2.34. The van der Waals surface area contributed by atoms with Crippen LogP contribution in [0, 0.1) is 6.92 Å². The maximum absolute atomic E-state index is 13.0. The Morgan fingerprint density at radius 2 is 1.80 bits per heavy atom. The number of methoxy groups -OCH3 is 1. The second kappa shape index (κ2) is 7.96. The predicted molar refractivity (Wildman–Crippen MR) is 115 cm³/mol. The molecule has 0 bridgehead atoms. The van der Waals surface area contributed by atoms with Crippen LogP contribution in [0.2, 0.25) is 0 Å². The number of aromatic nitrogens is 2. The number of anilines is 1. The smallest absolute Gasteiger partial charge is 0.331 e. The Morgan fingerprint density at radius 3 is 2.53 bits per heavy atom. The third-order valence-electron chi connectivity index (χ3n) is 4.37. The van der Waals surface area contributed by atoms with Gasteiger partial charge in [0.2, 0.25) is 5.17 Å². The van der Waals surface area contributed by atoms with Gasteiger partial charge in [0.1, 0.15) is 5.82 Å². The fourth-order valence-electron chi connectivity index (χ4n) is 2.95. The Morgan fingerprint density at radius 1 is 1.10 bits per heavy atom. The number of rotatable bonds is 3. The second-order valence-corrected chi connectivity index (χ2v) is 7.29. The molecule has 0 radical (unpaired) electrons. The maximum atomic E-state index is 13.0. The SMILES string of the molecule is COC(=O)/C=C1\S/C(=N\n2c(C)nc3ccccc3c2=O)N(c2ccccc2)C1=O. The van der Waals surface area contributed by atoms with Crippen LogP contribution in [0.15, 0.2) is 75.5 Å². The maximum Gasteiger partial charge on any atom is 0.331 e. The molecule has 1 amide bonds. The molecule has 1 aromatic heterocycles. The summed E-state index contributed by atoms with van der Waals surface area (Å²) in [5.41, 5.74) is 0.774. The van der Waals surface area contributed by atoms with Crippen LogP contribution in [0.4, 0.5) is 5.69 Å². The normalized spacial score (nSPS) is 16.6. The summed E-state index contributed by atoms with van der Waals surface area (Å²) in [5, 5.41) is 5.07. The minimum absolute atomic E-state index is 0.143. The fraction of sp³-hybridized carbons (Fsp3) is 0.0952. The number of hydrogen-bond donors (Lipinski definition) is 0. The van der Waals surface area contributed by atoms with Crippen molar-refractivity contribution in [2.75, 3.05) is 12.0 Å². The van der Waals surface area contributed by atoms with E-state index in [1.54, 1.807) is 55.5 Å². The molecule has 1 aliphatic heterocycles. The summed E-state index contributed by atoms with van der Waals surface area (Å²) in [5.74, 6) is -0.715. The van der Waals surface area contributed by atoms with Gasteiger partial charge in [-0.2, -0.15) is 4.68 Å². The Balaban J connectivity index is 1.89. The molecule has 1 aliphatic rings. The molecule has 1 saturated heterocycles. The van der Waals surface area contributed by atoms with Gasteiger partial charge in [-0.3, -0.25) is 14.5 Å². The molecule has 0 spiro atoms. The third-order valence-corrected chi connectivity index (χ3v) is 5.33. The first kappa shape index (κ1) is 19.6. The monoisotopic (exact) mass is 420 g/mol. The molecular weight excluding hydrogens is 404 g/mol. The van der Waals surface area contributed by atoms with Gasteiger partial charge in [-0.15, -0.1) is 5.10 Å². The van der Waals surface area contributed by atoms with E-state index in [2.05, 4.69) is 14.8 Å². The van der Waals surface area contributed by atoms with Crippen LogP contribution in [-0.2, 0) is 14.3 Å². The van der Waals surface area contributed by atoms with Crippen molar-refractivity contribution in [2.24, 2.45) is 5.10 Å². The first-order valence-electron chi connectivity index (χ1n) is 8.94. The van der Waals surface area contributed by atoms with E-state index in [4.69, 9.17) is 0 Å². The molecule has 8 nitrogen and oxygen atoms in total. The van der Waals surface area contributed by atoms with Crippen molar-refractivity contribution in [3.8, 4) is 0 Å². The van der Waals surface area contributed by atoms with Crippen LogP contribution in [0.25, 0.3) is 10.9 Å². The summed E-state index contributed by atoms with van der Waals surface area (Å²) < 4.78 is 5.80. The van der Waals surface area contributed by atoms with Gasteiger partial charge in [-0.1, -0.05) is 30.3 Å².